The van der Waals surface area contributed by atoms with Crippen LogP contribution < -0.4 is 5.32 Å². The van der Waals surface area contributed by atoms with Crippen LogP contribution in [-0.4, -0.2) is 15.7 Å². The third-order valence-electron chi connectivity index (χ3n) is 3.73. The summed E-state index contributed by atoms with van der Waals surface area (Å²) in [7, 11) is 0. The van der Waals surface area contributed by atoms with E-state index < -0.39 is 23.3 Å². The van der Waals surface area contributed by atoms with Gasteiger partial charge in [0.25, 0.3) is 5.91 Å². The molecule has 0 fully saturated rings. The number of aryl methyl sites for hydroxylation is 1. The van der Waals surface area contributed by atoms with Gasteiger partial charge in [-0.1, -0.05) is 35.9 Å². The maximum atomic E-state index is 13.6. The number of anilines is 1. The summed E-state index contributed by atoms with van der Waals surface area (Å²) in [6.45, 7) is 1.75. The van der Waals surface area contributed by atoms with Gasteiger partial charge in [0.2, 0.25) is 0 Å². The highest BCUT2D eigenvalue weighted by atomic mass is 35.5. The Bertz CT molecular complexity index is 966. The number of rotatable bonds is 3. The van der Waals surface area contributed by atoms with Crippen molar-refractivity contribution < 1.29 is 18.0 Å². The second-order valence-electron chi connectivity index (χ2n) is 5.57. The Morgan fingerprint density at radius 2 is 1.88 bits per heavy atom. The zero-order chi connectivity index (χ0) is 18.9. The van der Waals surface area contributed by atoms with Crippen LogP contribution >= 0.6 is 11.6 Å². The number of carbonyl (C=O) groups is 1. The van der Waals surface area contributed by atoms with E-state index in [-0.39, 0.29) is 10.7 Å². The highest BCUT2D eigenvalue weighted by Crippen LogP contribution is 2.34. The van der Waals surface area contributed by atoms with Gasteiger partial charge in [-0.15, -0.1) is 0 Å². The van der Waals surface area contributed by atoms with E-state index >= 15 is 0 Å². The van der Waals surface area contributed by atoms with Crippen LogP contribution in [0.3, 0.4) is 0 Å². The topological polar surface area (TPSA) is 46.9 Å². The minimum absolute atomic E-state index is 0.111. The lowest BCUT2D eigenvalue weighted by molar-refractivity contribution is -0.143. The molecule has 0 spiro atoms. The van der Waals surface area contributed by atoms with Gasteiger partial charge in [0.05, 0.1) is 17.4 Å². The summed E-state index contributed by atoms with van der Waals surface area (Å²) in [4.78, 5) is 12.5. The molecule has 0 aliphatic carbocycles. The minimum atomic E-state index is -4.78. The second kappa shape index (κ2) is 6.84. The first-order chi connectivity index (χ1) is 12.3. The monoisotopic (exact) mass is 379 g/mol. The molecule has 26 heavy (non-hydrogen) atoms. The van der Waals surface area contributed by atoms with Crippen LogP contribution in [0.15, 0.2) is 54.7 Å². The number of alkyl halides is 3. The summed E-state index contributed by atoms with van der Waals surface area (Å²) >= 11 is 5.85. The van der Waals surface area contributed by atoms with Gasteiger partial charge in [-0.3, -0.25) is 4.79 Å². The predicted molar refractivity (Wildman–Crippen MR) is 92.7 cm³/mol. The first-order valence-electron chi connectivity index (χ1n) is 7.55. The Kier molecular flexibility index (Phi) is 4.73. The van der Waals surface area contributed by atoms with Crippen LogP contribution in [0.5, 0.6) is 0 Å². The summed E-state index contributed by atoms with van der Waals surface area (Å²) in [5.41, 5.74) is -0.455. The third-order valence-corrected chi connectivity index (χ3v) is 3.96. The first kappa shape index (κ1) is 18.0. The molecule has 8 heteroatoms. The van der Waals surface area contributed by atoms with Gasteiger partial charge in [-0.05, 0) is 36.8 Å². The maximum Gasteiger partial charge on any atom is 0.434 e. The Labute approximate surface area is 152 Å². The number of hydrogen-bond donors (Lipinski definition) is 1. The molecule has 4 nitrogen and oxygen atoms in total. The van der Waals surface area contributed by atoms with Crippen molar-refractivity contribution in [1.29, 1.82) is 0 Å². The Morgan fingerprint density at radius 3 is 2.54 bits per heavy atom. The highest BCUT2D eigenvalue weighted by molar-refractivity contribution is 6.30. The summed E-state index contributed by atoms with van der Waals surface area (Å²) in [5.74, 6) is -0.889. The molecule has 0 aliphatic heterocycles. The average molecular weight is 380 g/mol. The highest BCUT2D eigenvalue weighted by Gasteiger charge is 2.40. The molecule has 1 N–H and O–H groups in total. The lowest BCUT2D eigenvalue weighted by Crippen LogP contribution is -2.21. The molecule has 1 heterocycles. The Balaban J connectivity index is 2.05. The maximum absolute atomic E-state index is 13.6. The number of carbonyl (C=O) groups excluding carboxylic acids is 1. The van der Waals surface area contributed by atoms with Crippen LogP contribution in [-0.2, 0) is 6.18 Å². The quantitative estimate of drug-likeness (QED) is 0.687. The molecule has 0 radical (unpaired) electrons. The molecule has 134 valence electrons. The standard InChI is InChI=1S/C18H13ClF3N3O/c1-11-5-2-3-8-15(11)24-17(26)14-10-23-25(16(14)18(20,21)22)13-7-4-6-12(19)9-13/h2-10H,1H3,(H,24,26). The van der Waals surface area contributed by atoms with E-state index in [1.807, 2.05) is 0 Å². The number of amides is 1. The number of benzene rings is 2. The normalized spacial score (nSPS) is 11.4. The third kappa shape index (κ3) is 3.57. The SMILES string of the molecule is Cc1ccccc1NC(=O)c1cnn(-c2cccc(Cl)c2)c1C(F)(F)F. The number of nitrogens with zero attached hydrogens (tertiary/aromatic N) is 2. The molecule has 1 amide bonds. The van der Waals surface area contributed by atoms with Gasteiger partial charge in [-0.2, -0.15) is 18.3 Å². The molecule has 0 unspecified atom stereocenters. The number of nitrogens with one attached hydrogen (secondary N) is 1. The summed E-state index contributed by atoms with van der Waals surface area (Å²) < 4.78 is 41.6. The van der Waals surface area contributed by atoms with E-state index in [9.17, 15) is 18.0 Å². The molecular weight excluding hydrogens is 367 g/mol. The minimum Gasteiger partial charge on any atom is -0.322 e. The number of aromatic nitrogens is 2. The van der Waals surface area contributed by atoms with Crippen molar-refractivity contribution in [3.8, 4) is 5.69 Å². The fourth-order valence-corrected chi connectivity index (χ4v) is 2.68. The van der Waals surface area contributed by atoms with Crippen molar-refractivity contribution in [2.45, 2.75) is 13.1 Å². The number of hydrogen-bond acceptors (Lipinski definition) is 2. The number of halogens is 4. The zero-order valence-electron chi connectivity index (χ0n) is 13.5. The van der Waals surface area contributed by atoms with Crippen LogP contribution in [0.4, 0.5) is 18.9 Å². The van der Waals surface area contributed by atoms with Gasteiger partial charge in [0.15, 0.2) is 5.69 Å². The van der Waals surface area contributed by atoms with Gasteiger partial charge >= 0.3 is 6.18 Å². The van der Waals surface area contributed by atoms with Crippen molar-refractivity contribution in [1.82, 2.24) is 9.78 Å². The van der Waals surface area contributed by atoms with Gasteiger partial charge in [0.1, 0.15) is 0 Å². The van der Waals surface area contributed by atoms with Crippen LogP contribution in [0, 0.1) is 6.92 Å². The van der Waals surface area contributed by atoms with Crippen LogP contribution in [0.1, 0.15) is 21.6 Å². The van der Waals surface area contributed by atoms with E-state index in [0.717, 1.165) is 11.8 Å². The fraction of sp³-hybridized carbons (Fsp3) is 0.111. The fourth-order valence-electron chi connectivity index (χ4n) is 2.49. The molecule has 0 saturated carbocycles. The van der Waals surface area contributed by atoms with Crippen molar-refractivity contribution in [3.05, 3.63) is 76.6 Å². The summed E-state index contributed by atoms with van der Waals surface area (Å²) in [5, 5.41) is 6.51. The molecule has 0 saturated heterocycles. The lowest BCUT2D eigenvalue weighted by atomic mass is 10.1. The molecule has 0 aliphatic rings. The summed E-state index contributed by atoms with van der Waals surface area (Å²) in [6, 6.07) is 12.6. The Hall–Kier alpha value is -2.80. The smallest absolute Gasteiger partial charge is 0.322 e. The van der Waals surface area contributed by atoms with E-state index in [1.54, 1.807) is 31.2 Å². The average Bonchev–Trinajstić information content (AvgIpc) is 3.02. The van der Waals surface area contributed by atoms with Gasteiger partial charge in [-0.25, -0.2) is 4.68 Å². The van der Waals surface area contributed by atoms with Gasteiger partial charge < -0.3 is 5.32 Å². The van der Waals surface area contributed by atoms with Gasteiger partial charge in [0, 0.05) is 10.7 Å². The largest absolute Gasteiger partial charge is 0.434 e. The van der Waals surface area contributed by atoms with E-state index in [1.165, 1.54) is 24.3 Å². The second-order valence-corrected chi connectivity index (χ2v) is 6.00. The zero-order valence-corrected chi connectivity index (χ0v) is 14.3. The molecular formula is C18H13ClF3N3O. The molecule has 0 bridgehead atoms. The van der Waals surface area contributed by atoms with Crippen molar-refractivity contribution in [2.24, 2.45) is 0 Å². The summed E-state index contributed by atoms with van der Waals surface area (Å²) in [6.07, 6.45) is -3.88. The molecule has 0 atom stereocenters. The molecule has 2 aromatic carbocycles. The van der Waals surface area contributed by atoms with E-state index in [2.05, 4.69) is 10.4 Å². The van der Waals surface area contributed by atoms with Crippen LogP contribution in [0.25, 0.3) is 5.69 Å². The molecule has 1 aromatic heterocycles. The predicted octanol–water partition coefficient (Wildman–Crippen LogP) is 5.11. The lowest BCUT2D eigenvalue weighted by Gasteiger charge is -2.13. The Morgan fingerprint density at radius 1 is 1.15 bits per heavy atom. The number of para-hydroxylation sites is 1. The van der Waals surface area contributed by atoms with E-state index in [4.69, 9.17) is 11.6 Å². The van der Waals surface area contributed by atoms with Crippen molar-refractivity contribution >= 4 is 23.2 Å². The molecule has 3 aromatic rings. The van der Waals surface area contributed by atoms with E-state index in [0.29, 0.717) is 10.4 Å². The van der Waals surface area contributed by atoms with Crippen LogP contribution in [0.2, 0.25) is 5.02 Å². The van der Waals surface area contributed by atoms with Crippen molar-refractivity contribution in [3.63, 3.8) is 0 Å². The first-order valence-corrected chi connectivity index (χ1v) is 7.93. The molecule has 3 rings (SSSR count). The van der Waals surface area contributed by atoms with Crippen molar-refractivity contribution in [2.75, 3.05) is 5.32 Å².